The van der Waals surface area contributed by atoms with Crippen LogP contribution in [0.25, 0.3) is 10.9 Å². The summed E-state index contributed by atoms with van der Waals surface area (Å²) >= 11 is 0. The van der Waals surface area contributed by atoms with Crippen LogP contribution in [0.1, 0.15) is 12.0 Å². The maximum absolute atomic E-state index is 11.9. The first-order valence-electron chi connectivity index (χ1n) is 6.58. The second-order valence-corrected chi connectivity index (χ2v) is 5.12. The van der Waals surface area contributed by atoms with Crippen molar-refractivity contribution in [2.24, 2.45) is 11.7 Å². The number of rotatable bonds is 3. The van der Waals surface area contributed by atoms with Crippen molar-refractivity contribution in [1.29, 1.82) is 0 Å². The van der Waals surface area contributed by atoms with Gasteiger partial charge in [0.2, 0.25) is 5.91 Å². The van der Waals surface area contributed by atoms with Gasteiger partial charge in [-0.3, -0.25) is 9.78 Å². The Bertz CT molecular complexity index is 611. The smallest absolute Gasteiger partial charge is 0.223 e. The van der Waals surface area contributed by atoms with E-state index >= 15 is 0 Å². The molecular formula is C15H17N3O. The Balaban J connectivity index is 1.80. The minimum atomic E-state index is 0.198. The minimum Gasteiger partial charge on any atom is -0.338 e. The lowest BCUT2D eigenvalue weighted by atomic mass is 10.1. The lowest BCUT2D eigenvalue weighted by Gasteiger charge is -2.16. The molecule has 2 N–H and O–H groups in total. The molecule has 0 bridgehead atoms. The Morgan fingerprint density at radius 3 is 3.00 bits per heavy atom. The van der Waals surface area contributed by atoms with E-state index in [0.717, 1.165) is 23.0 Å². The van der Waals surface area contributed by atoms with Crippen LogP contribution in [0, 0.1) is 5.92 Å². The van der Waals surface area contributed by atoms with E-state index in [-0.39, 0.29) is 5.91 Å². The molecule has 2 aromatic rings. The van der Waals surface area contributed by atoms with E-state index in [4.69, 9.17) is 5.73 Å². The number of carbonyl (C=O) groups is 1. The molecule has 0 saturated carbocycles. The highest BCUT2D eigenvalue weighted by Crippen LogP contribution is 2.20. The zero-order valence-electron chi connectivity index (χ0n) is 10.7. The predicted octanol–water partition coefficient (Wildman–Crippen LogP) is 1.54. The summed E-state index contributed by atoms with van der Waals surface area (Å²) in [5.74, 6) is 0.504. The fourth-order valence-corrected chi connectivity index (χ4v) is 2.59. The molecule has 0 radical (unpaired) electrons. The van der Waals surface area contributed by atoms with Crippen LogP contribution in [-0.2, 0) is 11.3 Å². The number of nitrogens with two attached hydrogens (primary N) is 1. The van der Waals surface area contributed by atoms with Gasteiger partial charge >= 0.3 is 0 Å². The molecule has 0 spiro atoms. The number of nitrogens with zero attached hydrogens (tertiary/aromatic N) is 2. The van der Waals surface area contributed by atoms with Gasteiger partial charge in [-0.05, 0) is 30.2 Å². The van der Waals surface area contributed by atoms with Crippen LogP contribution in [0.15, 0.2) is 36.5 Å². The molecule has 2 heterocycles. The summed E-state index contributed by atoms with van der Waals surface area (Å²) in [4.78, 5) is 18.2. The summed E-state index contributed by atoms with van der Waals surface area (Å²) in [5.41, 5.74) is 7.69. The van der Waals surface area contributed by atoms with E-state index in [1.165, 1.54) is 0 Å². The molecule has 0 aliphatic carbocycles. The van der Waals surface area contributed by atoms with E-state index in [9.17, 15) is 4.79 Å². The Morgan fingerprint density at radius 2 is 2.21 bits per heavy atom. The van der Waals surface area contributed by atoms with Gasteiger partial charge in [0.15, 0.2) is 0 Å². The number of pyridine rings is 1. The molecule has 4 heteroatoms. The van der Waals surface area contributed by atoms with Gasteiger partial charge in [-0.25, -0.2) is 0 Å². The third kappa shape index (κ3) is 2.44. The first-order valence-corrected chi connectivity index (χ1v) is 6.58. The third-order valence-electron chi connectivity index (χ3n) is 3.65. The van der Waals surface area contributed by atoms with Gasteiger partial charge in [0, 0.05) is 31.1 Å². The summed E-state index contributed by atoms with van der Waals surface area (Å²) in [5, 5.41) is 1.11. The molecule has 3 rings (SSSR count). The molecule has 1 amide bonds. The first kappa shape index (κ1) is 12.1. The van der Waals surface area contributed by atoms with Crippen molar-refractivity contribution in [2.75, 3.05) is 13.1 Å². The molecule has 1 unspecified atom stereocenters. The quantitative estimate of drug-likeness (QED) is 0.905. The summed E-state index contributed by atoms with van der Waals surface area (Å²) in [7, 11) is 0. The second-order valence-electron chi connectivity index (χ2n) is 5.12. The molecule has 1 atom stereocenters. The molecule has 1 aromatic carbocycles. The summed E-state index contributed by atoms with van der Waals surface area (Å²) < 4.78 is 0. The van der Waals surface area contributed by atoms with Crippen molar-refractivity contribution in [2.45, 2.75) is 13.0 Å². The van der Waals surface area contributed by atoms with E-state index in [1.807, 2.05) is 35.4 Å². The van der Waals surface area contributed by atoms with Crippen LogP contribution < -0.4 is 5.73 Å². The van der Waals surface area contributed by atoms with Crippen molar-refractivity contribution in [1.82, 2.24) is 9.88 Å². The van der Waals surface area contributed by atoms with Crippen molar-refractivity contribution in [3.05, 3.63) is 42.1 Å². The van der Waals surface area contributed by atoms with E-state index in [2.05, 4.69) is 11.1 Å². The van der Waals surface area contributed by atoms with Crippen molar-refractivity contribution < 1.29 is 4.79 Å². The molecule has 1 aliphatic heterocycles. The summed E-state index contributed by atoms with van der Waals surface area (Å²) in [6.07, 6.45) is 2.43. The number of para-hydroxylation sites is 1. The number of amides is 1. The molecule has 1 saturated heterocycles. The first-order chi connectivity index (χ1) is 9.26. The van der Waals surface area contributed by atoms with Gasteiger partial charge in [-0.1, -0.05) is 18.2 Å². The van der Waals surface area contributed by atoms with E-state index in [0.29, 0.717) is 25.4 Å². The van der Waals surface area contributed by atoms with E-state index in [1.54, 1.807) is 0 Å². The van der Waals surface area contributed by atoms with Crippen molar-refractivity contribution >= 4 is 16.8 Å². The topological polar surface area (TPSA) is 59.2 Å². The van der Waals surface area contributed by atoms with Gasteiger partial charge in [-0.15, -0.1) is 0 Å². The van der Waals surface area contributed by atoms with Crippen LogP contribution in [0.3, 0.4) is 0 Å². The van der Waals surface area contributed by atoms with Crippen LogP contribution in [0.2, 0.25) is 0 Å². The van der Waals surface area contributed by atoms with Gasteiger partial charge in [0.25, 0.3) is 0 Å². The third-order valence-corrected chi connectivity index (χ3v) is 3.65. The lowest BCUT2D eigenvalue weighted by molar-refractivity contribution is -0.128. The normalized spacial score (nSPS) is 19.3. The monoisotopic (exact) mass is 255 g/mol. The van der Waals surface area contributed by atoms with Crippen LogP contribution in [0.4, 0.5) is 0 Å². The number of fused-ring (bicyclic) bond motifs is 1. The van der Waals surface area contributed by atoms with E-state index < -0.39 is 0 Å². The molecule has 1 aromatic heterocycles. The molecule has 98 valence electrons. The number of hydrogen-bond acceptors (Lipinski definition) is 3. The molecule has 19 heavy (non-hydrogen) atoms. The predicted molar refractivity (Wildman–Crippen MR) is 74.3 cm³/mol. The maximum Gasteiger partial charge on any atom is 0.223 e. The SMILES string of the molecule is NCC1CC(=O)N(Cc2cnc3ccccc3c2)C1. The molecule has 1 aliphatic rings. The van der Waals surface area contributed by atoms with Gasteiger partial charge in [0.05, 0.1) is 5.52 Å². The average molecular weight is 255 g/mol. The largest absolute Gasteiger partial charge is 0.338 e. The van der Waals surface area contributed by atoms with Crippen LogP contribution in [-0.4, -0.2) is 28.9 Å². The van der Waals surface area contributed by atoms with Gasteiger partial charge < -0.3 is 10.6 Å². The van der Waals surface area contributed by atoms with Gasteiger partial charge in [0.1, 0.15) is 0 Å². The highest BCUT2D eigenvalue weighted by Gasteiger charge is 2.28. The number of carbonyl (C=O) groups excluding carboxylic acids is 1. The van der Waals surface area contributed by atoms with Crippen molar-refractivity contribution in [3.8, 4) is 0 Å². The second kappa shape index (κ2) is 4.97. The Labute approximate surface area is 112 Å². The highest BCUT2D eigenvalue weighted by molar-refractivity contribution is 5.80. The molecular weight excluding hydrogens is 238 g/mol. The number of benzene rings is 1. The van der Waals surface area contributed by atoms with Crippen molar-refractivity contribution in [3.63, 3.8) is 0 Å². The Kier molecular flexibility index (Phi) is 3.17. The summed E-state index contributed by atoms with van der Waals surface area (Å²) in [6, 6.07) is 10.1. The lowest BCUT2D eigenvalue weighted by Crippen LogP contribution is -2.25. The highest BCUT2D eigenvalue weighted by atomic mass is 16.2. The maximum atomic E-state index is 11.9. The number of hydrogen-bond donors (Lipinski definition) is 1. The standard InChI is InChI=1S/C15H17N3O/c16-7-11-6-15(19)18(9-11)10-12-5-13-3-1-2-4-14(13)17-8-12/h1-5,8,11H,6-7,9-10,16H2. The zero-order chi connectivity index (χ0) is 13.2. The van der Waals surface area contributed by atoms with Crippen LogP contribution >= 0.6 is 0 Å². The number of aromatic nitrogens is 1. The zero-order valence-corrected chi connectivity index (χ0v) is 10.7. The minimum absolute atomic E-state index is 0.198. The fourth-order valence-electron chi connectivity index (χ4n) is 2.59. The summed E-state index contributed by atoms with van der Waals surface area (Å²) in [6.45, 7) is 1.98. The number of likely N-dealkylation sites (tertiary alicyclic amines) is 1. The Hall–Kier alpha value is -1.94. The molecule has 4 nitrogen and oxygen atoms in total. The Morgan fingerprint density at radius 1 is 1.37 bits per heavy atom. The molecule has 1 fully saturated rings. The fraction of sp³-hybridized carbons (Fsp3) is 0.333. The van der Waals surface area contributed by atoms with Gasteiger partial charge in [-0.2, -0.15) is 0 Å². The average Bonchev–Trinajstić information content (AvgIpc) is 2.79. The van der Waals surface area contributed by atoms with Crippen LogP contribution in [0.5, 0.6) is 0 Å².